The molecule has 0 aliphatic heterocycles. The Morgan fingerprint density at radius 1 is 0.516 bits per heavy atom. The number of unbranched alkanes of at least 4 members (excludes halogenated alkanes) is 20. The van der Waals surface area contributed by atoms with E-state index < -0.39 is 5.97 Å². The molecule has 0 aromatic carbocycles. The molecule has 0 heterocycles. The monoisotopic (exact) mass is 441 g/mol. The van der Waals surface area contributed by atoms with Crippen LogP contribution in [0, 0.1) is 0 Å². The summed E-state index contributed by atoms with van der Waals surface area (Å²) >= 11 is 0. The third kappa shape index (κ3) is 37.1. The van der Waals surface area contributed by atoms with Gasteiger partial charge in [-0.3, -0.25) is 4.79 Å². The quantitative estimate of drug-likeness (QED) is 0.147. The molecule has 2 N–H and O–H groups in total. The van der Waals surface area contributed by atoms with Crippen LogP contribution in [0.5, 0.6) is 0 Å². The summed E-state index contributed by atoms with van der Waals surface area (Å²) in [6.45, 7) is 5.71. The highest BCUT2D eigenvalue weighted by Gasteiger charge is 1.97. The molecule has 3 nitrogen and oxygen atoms in total. The Labute approximate surface area is 196 Å². The maximum absolute atomic E-state index is 10.4. The number of nitrogens with one attached hydrogen (secondary N) is 1. The molecular weight excluding hydrogens is 382 g/mol. The summed E-state index contributed by atoms with van der Waals surface area (Å²) in [6.07, 6.45) is 30.1. The number of carboxylic acids is 1. The predicted octanol–water partition coefficient (Wildman–Crippen LogP) is 9.29. The van der Waals surface area contributed by atoms with Crippen molar-refractivity contribution in [2.45, 2.75) is 162 Å². The van der Waals surface area contributed by atoms with Crippen LogP contribution in [0.15, 0.2) is 0 Å². The van der Waals surface area contributed by atoms with Crippen LogP contribution in [0.1, 0.15) is 162 Å². The minimum absolute atomic E-state index is 0.346. The zero-order chi connectivity index (χ0) is 23.3. The van der Waals surface area contributed by atoms with Crippen LogP contribution < -0.4 is 5.32 Å². The van der Waals surface area contributed by atoms with Gasteiger partial charge in [0.15, 0.2) is 0 Å². The average molecular weight is 442 g/mol. The SMILES string of the molecule is CCCCCCCCCCCCCCCCCCCC(=O)O.CCCCCCCNC. The maximum Gasteiger partial charge on any atom is 0.303 e. The second kappa shape index (κ2) is 31.6. The number of aliphatic carboxylic acids is 1. The second-order valence-corrected chi connectivity index (χ2v) is 9.32. The fourth-order valence-electron chi connectivity index (χ4n) is 3.91. The van der Waals surface area contributed by atoms with Gasteiger partial charge in [-0.2, -0.15) is 0 Å². The van der Waals surface area contributed by atoms with Crippen LogP contribution in [-0.4, -0.2) is 24.7 Å². The number of carboxylic acid groups (broad SMARTS) is 1. The molecular formula is C28H59NO2. The number of hydrogen-bond acceptors (Lipinski definition) is 2. The molecule has 0 saturated heterocycles. The highest BCUT2D eigenvalue weighted by atomic mass is 16.4. The van der Waals surface area contributed by atoms with Crippen molar-refractivity contribution < 1.29 is 9.90 Å². The molecule has 0 radical (unpaired) electrons. The molecule has 0 bridgehead atoms. The van der Waals surface area contributed by atoms with E-state index in [1.165, 1.54) is 135 Å². The average Bonchev–Trinajstić information content (AvgIpc) is 2.76. The van der Waals surface area contributed by atoms with Crippen LogP contribution in [0.4, 0.5) is 0 Å². The first-order valence-corrected chi connectivity index (χ1v) is 14.0. The van der Waals surface area contributed by atoms with Crippen LogP contribution in [0.2, 0.25) is 0 Å². The first-order valence-electron chi connectivity index (χ1n) is 14.0. The number of hydrogen-bond donors (Lipinski definition) is 2. The first kappa shape index (κ1) is 32.6. The summed E-state index contributed by atoms with van der Waals surface area (Å²) in [4.78, 5) is 10.4. The van der Waals surface area contributed by atoms with Crippen molar-refractivity contribution in [3.05, 3.63) is 0 Å². The number of carbonyl (C=O) groups is 1. The molecule has 0 atom stereocenters. The van der Waals surface area contributed by atoms with Gasteiger partial charge in [0, 0.05) is 6.42 Å². The summed E-state index contributed by atoms with van der Waals surface area (Å²) < 4.78 is 0. The van der Waals surface area contributed by atoms with Crippen LogP contribution in [0.25, 0.3) is 0 Å². The zero-order valence-corrected chi connectivity index (χ0v) is 21.8. The largest absolute Gasteiger partial charge is 0.481 e. The van der Waals surface area contributed by atoms with Crippen LogP contribution in [-0.2, 0) is 4.79 Å². The third-order valence-corrected chi connectivity index (χ3v) is 6.02. The molecule has 0 saturated carbocycles. The lowest BCUT2D eigenvalue weighted by Crippen LogP contribution is -2.06. The smallest absolute Gasteiger partial charge is 0.303 e. The Balaban J connectivity index is 0. The summed E-state index contributed by atoms with van der Waals surface area (Å²) in [5.41, 5.74) is 0. The standard InChI is InChI=1S/C20H40O2.C8H19N/c1-2-3-4-5-6-7-8-9-10-11-12-13-14-15-16-17-18-19-20(21)22;1-3-4-5-6-7-8-9-2/h2-19H2,1H3,(H,21,22);9H,3-8H2,1-2H3. The highest BCUT2D eigenvalue weighted by Crippen LogP contribution is 2.14. The second-order valence-electron chi connectivity index (χ2n) is 9.32. The summed E-state index contributed by atoms with van der Waals surface area (Å²) in [7, 11) is 2.01. The molecule has 0 fully saturated rings. The van der Waals surface area contributed by atoms with Gasteiger partial charge < -0.3 is 10.4 Å². The van der Waals surface area contributed by atoms with Gasteiger partial charge in [0.25, 0.3) is 0 Å². The van der Waals surface area contributed by atoms with Crippen LogP contribution >= 0.6 is 0 Å². The molecule has 3 heteroatoms. The summed E-state index contributed by atoms with van der Waals surface area (Å²) in [6, 6.07) is 0. The predicted molar refractivity (Wildman–Crippen MR) is 139 cm³/mol. The number of rotatable bonds is 24. The molecule has 0 aromatic heterocycles. The lowest BCUT2D eigenvalue weighted by Gasteiger charge is -2.03. The summed E-state index contributed by atoms with van der Waals surface area (Å²) in [5, 5.41) is 11.7. The van der Waals surface area contributed by atoms with E-state index in [4.69, 9.17) is 5.11 Å². The topological polar surface area (TPSA) is 49.3 Å². The fourth-order valence-corrected chi connectivity index (χ4v) is 3.91. The Hall–Kier alpha value is -0.570. The molecule has 31 heavy (non-hydrogen) atoms. The van der Waals surface area contributed by atoms with Crippen molar-refractivity contribution in [3.63, 3.8) is 0 Å². The van der Waals surface area contributed by atoms with Crippen molar-refractivity contribution in [1.82, 2.24) is 5.32 Å². The van der Waals surface area contributed by atoms with E-state index in [0.29, 0.717) is 6.42 Å². The van der Waals surface area contributed by atoms with Gasteiger partial charge >= 0.3 is 5.97 Å². The van der Waals surface area contributed by atoms with Crippen molar-refractivity contribution >= 4 is 5.97 Å². The normalized spacial score (nSPS) is 10.7. The van der Waals surface area contributed by atoms with Gasteiger partial charge in [0.1, 0.15) is 0 Å². The summed E-state index contributed by atoms with van der Waals surface area (Å²) in [5.74, 6) is -0.652. The van der Waals surface area contributed by atoms with Gasteiger partial charge in [0.05, 0.1) is 0 Å². The van der Waals surface area contributed by atoms with Gasteiger partial charge in [-0.15, -0.1) is 0 Å². The van der Waals surface area contributed by atoms with E-state index in [2.05, 4.69) is 19.2 Å². The van der Waals surface area contributed by atoms with Gasteiger partial charge in [-0.05, 0) is 26.4 Å². The molecule has 0 rings (SSSR count). The van der Waals surface area contributed by atoms with Gasteiger partial charge in [-0.1, -0.05) is 142 Å². The van der Waals surface area contributed by atoms with Crippen molar-refractivity contribution in [2.75, 3.05) is 13.6 Å². The van der Waals surface area contributed by atoms with E-state index in [1.54, 1.807) is 0 Å². The Bertz CT molecular complexity index is 314. The minimum atomic E-state index is -0.652. The third-order valence-electron chi connectivity index (χ3n) is 6.02. The molecule has 0 aliphatic rings. The van der Waals surface area contributed by atoms with Crippen molar-refractivity contribution in [3.8, 4) is 0 Å². The van der Waals surface area contributed by atoms with Crippen LogP contribution in [0.3, 0.4) is 0 Å². The fraction of sp³-hybridized carbons (Fsp3) is 0.964. The van der Waals surface area contributed by atoms with E-state index in [-0.39, 0.29) is 0 Å². The minimum Gasteiger partial charge on any atom is -0.481 e. The molecule has 0 amide bonds. The molecule has 0 unspecified atom stereocenters. The molecule has 188 valence electrons. The molecule has 0 aliphatic carbocycles. The zero-order valence-electron chi connectivity index (χ0n) is 21.8. The maximum atomic E-state index is 10.4. The highest BCUT2D eigenvalue weighted by molar-refractivity contribution is 5.66. The Morgan fingerprint density at radius 3 is 1.10 bits per heavy atom. The van der Waals surface area contributed by atoms with Crippen molar-refractivity contribution in [2.24, 2.45) is 0 Å². The van der Waals surface area contributed by atoms with E-state index >= 15 is 0 Å². The van der Waals surface area contributed by atoms with Gasteiger partial charge in [-0.25, -0.2) is 0 Å². The van der Waals surface area contributed by atoms with Crippen molar-refractivity contribution in [1.29, 1.82) is 0 Å². The Kier molecular flexibility index (Phi) is 33.3. The first-order chi connectivity index (χ1) is 15.2. The van der Waals surface area contributed by atoms with E-state index in [0.717, 1.165) is 12.8 Å². The lowest BCUT2D eigenvalue weighted by atomic mass is 10.0. The van der Waals surface area contributed by atoms with E-state index in [9.17, 15) is 4.79 Å². The molecule has 0 aromatic rings. The van der Waals surface area contributed by atoms with Gasteiger partial charge in [0.2, 0.25) is 0 Å². The van der Waals surface area contributed by atoms with E-state index in [1.807, 2.05) is 7.05 Å². The lowest BCUT2D eigenvalue weighted by molar-refractivity contribution is -0.137. The molecule has 0 spiro atoms. The Morgan fingerprint density at radius 2 is 0.806 bits per heavy atom.